The van der Waals surface area contributed by atoms with Crippen molar-refractivity contribution in [2.24, 2.45) is 10.9 Å². The first-order valence-electron chi connectivity index (χ1n) is 4.23. The summed E-state index contributed by atoms with van der Waals surface area (Å²) in [5.41, 5.74) is 6.95. The van der Waals surface area contributed by atoms with Gasteiger partial charge < -0.3 is 10.8 Å². The lowest BCUT2D eigenvalue weighted by molar-refractivity contribution is -0.132. The summed E-state index contributed by atoms with van der Waals surface area (Å²) >= 11 is 0.842. The van der Waals surface area contributed by atoms with Crippen molar-refractivity contribution in [3.05, 3.63) is 41.1 Å². The Morgan fingerprint density at radius 1 is 1.47 bits per heavy atom. The van der Waals surface area contributed by atoms with E-state index in [1.54, 1.807) is 6.07 Å². The SMILES string of the molecule is Cc1cccc(/C(SN)=C(/N)C(=O)O)c1. The molecule has 4 nitrogen and oxygen atoms in total. The first kappa shape index (κ1) is 11.6. The Kier molecular flexibility index (Phi) is 3.76. The Morgan fingerprint density at radius 3 is 2.60 bits per heavy atom. The molecule has 0 amide bonds. The fourth-order valence-corrected chi connectivity index (χ4v) is 1.65. The van der Waals surface area contributed by atoms with E-state index in [4.69, 9.17) is 16.0 Å². The highest BCUT2D eigenvalue weighted by Gasteiger charge is 2.12. The number of carboxylic acid groups (broad SMARTS) is 1. The van der Waals surface area contributed by atoms with Crippen molar-refractivity contribution in [2.45, 2.75) is 6.92 Å². The predicted octanol–water partition coefficient (Wildman–Crippen LogP) is 1.31. The number of aliphatic carboxylic acids is 1. The van der Waals surface area contributed by atoms with Gasteiger partial charge in [-0.05, 0) is 24.4 Å². The smallest absolute Gasteiger partial charge is 0.352 e. The molecule has 0 spiro atoms. The van der Waals surface area contributed by atoms with E-state index in [0.717, 1.165) is 23.1 Å². The zero-order valence-electron chi connectivity index (χ0n) is 8.23. The quantitative estimate of drug-likeness (QED) is 0.532. The average molecular weight is 224 g/mol. The molecule has 1 rings (SSSR count). The third-order valence-corrected chi connectivity index (χ3v) is 2.56. The number of rotatable bonds is 3. The Hall–Kier alpha value is -1.46. The second-order valence-corrected chi connectivity index (χ2v) is 3.68. The zero-order chi connectivity index (χ0) is 11.4. The van der Waals surface area contributed by atoms with E-state index in [9.17, 15) is 4.79 Å². The molecule has 0 aliphatic rings. The molecule has 1 aromatic rings. The van der Waals surface area contributed by atoms with Gasteiger partial charge in [-0.15, -0.1) is 0 Å². The molecule has 0 aromatic heterocycles. The molecule has 5 heteroatoms. The monoisotopic (exact) mass is 224 g/mol. The lowest BCUT2D eigenvalue weighted by Gasteiger charge is -2.07. The van der Waals surface area contributed by atoms with E-state index >= 15 is 0 Å². The van der Waals surface area contributed by atoms with Crippen LogP contribution in [0.1, 0.15) is 11.1 Å². The van der Waals surface area contributed by atoms with E-state index in [0.29, 0.717) is 4.91 Å². The molecule has 0 bridgehead atoms. The third-order valence-electron chi connectivity index (χ3n) is 1.87. The normalized spacial score (nSPS) is 12.1. The molecule has 0 atom stereocenters. The van der Waals surface area contributed by atoms with Crippen LogP contribution in [-0.4, -0.2) is 11.1 Å². The summed E-state index contributed by atoms with van der Waals surface area (Å²) in [5.74, 6) is -1.16. The van der Waals surface area contributed by atoms with Crippen LogP contribution >= 0.6 is 11.9 Å². The molecule has 80 valence electrons. The van der Waals surface area contributed by atoms with E-state index in [1.165, 1.54) is 0 Å². The zero-order valence-corrected chi connectivity index (χ0v) is 9.04. The largest absolute Gasteiger partial charge is 0.477 e. The van der Waals surface area contributed by atoms with Crippen LogP contribution in [0.25, 0.3) is 4.91 Å². The van der Waals surface area contributed by atoms with Crippen molar-refractivity contribution in [2.75, 3.05) is 0 Å². The van der Waals surface area contributed by atoms with Crippen molar-refractivity contribution in [3.63, 3.8) is 0 Å². The van der Waals surface area contributed by atoms with Gasteiger partial charge in [-0.1, -0.05) is 29.8 Å². The summed E-state index contributed by atoms with van der Waals surface area (Å²) < 4.78 is 0. The highest BCUT2D eigenvalue weighted by molar-refractivity contribution is 8.06. The van der Waals surface area contributed by atoms with E-state index < -0.39 is 5.97 Å². The number of benzene rings is 1. The molecule has 15 heavy (non-hydrogen) atoms. The van der Waals surface area contributed by atoms with Crippen LogP contribution in [0.2, 0.25) is 0 Å². The second kappa shape index (κ2) is 4.86. The number of nitrogens with two attached hydrogens (primary N) is 2. The summed E-state index contributed by atoms with van der Waals surface area (Å²) in [4.78, 5) is 11.1. The molecule has 0 heterocycles. The molecule has 0 radical (unpaired) electrons. The lowest BCUT2D eigenvalue weighted by Crippen LogP contribution is -2.12. The van der Waals surface area contributed by atoms with Crippen LogP contribution in [0.5, 0.6) is 0 Å². The summed E-state index contributed by atoms with van der Waals surface area (Å²) in [5, 5.41) is 14.2. The minimum Gasteiger partial charge on any atom is -0.477 e. The molecule has 0 saturated carbocycles. The fraction of sp³-hybridized carbons (Fsp3) is 0.100. The van der Waals surface area contributed by atoms with Gasteiger partial charge in [0.2, 0.25) is 0 Å². The summed E-state index contributed by atoms with van der Waals surface area (Å²) in [7, 11) is 0. The maximum atomic E-state index is 10.7. The Bertz CT molecular complexity index is 416. The number of hydrogen-bond donors (Lipinski definition) is 3. The molecular formula is C10H12N2O2S. The van der Waals surface area contributed by atoms with E-state index in [1.807, 2.05) is 25.1 Å². The third kappa shape index (κ3) is 2.74. The van der Waals surface area contributed by atoms with Gasteiger partial charge >= 0.3 is 5.97 Å². The fourth-order valence-electron chi connectivity index (χ4n) is 1.17. The summed E-state index contributed by atoms with van der Waals surface area (Å²) in [6.07, 6.45) is 0. The lowest BCUT2D eigenvalue weighted by atomic mass is 10.1. The van der Waals surface area contributed by atoms with E-state index in [-0.39, 0.29) is 5.70 Å². The molecular weight excluding hydrogens is 212 g/mol. The van der Waals surface area contributed by atoms with Crippen LogP contribution in [0.3, 0.4) is 0 Å². The molecule has 0 aliphatic carbocycles. The second-order valence-electron chi connectivity index (χ2n) is 3.04. The molecule has 5 N–H and O–H groups in total. The number of hydrogen-bond acceptors (Lipinski definition) is 4. The van der Waals surface area contributed by atoms with Crippen LogP contribution in [0, 0.1) is 6.92 Å². The topological polar surface area (TPSA) is 89.3 Å². The van der Waals surface area contributed by atoms with E-state index in [2.05, 4.69) is 0 Å². The number of carboxylic acids is 1. The molecule has 0 fully saturated rings. The van der Waals surface area contributed by atoms with Gasteiger partial charge in [0, 0.05) is 0 Å². The van der Waals surface area contributed by atoms with Gasteiger partial charge in [0.05, 0.1) is 4.91 Å². The average Bonchev–Trinajstić information content (AvgIpc) is 2.18. The van der Waals surface area contributed by atoms with Gasteiger partial charge in [0.1, 0.15) is 5.70 Å². The van der Waals surface area contributed by atoms with Gasteiger partial charge in [-0.3, -0.25) is 5.14 Å². The minimum absolute atomic E-state index is 0.229. The standard InChI is InChI=1S/C10H12N2O2S/c1-6-3-2-4-7(5-6)9(15-12)8(11)10(13)14/h2-5H,11-12H2,1H3,(H,13,14)/b9-8-. The number of carbonyl (C=O) groups is 1. The highest BCUT2D eigenvalue weighted by atomic mass is 32.2. The first-order chi connectivity index (χ1) is 7.06. The summed E-state index contributed by atoms with van der Waals surface area (Å²) in [6, 6.07) is 7.36. The summed E-state index contributed by atoms with van der Waals surface area (Å²) in [6.45, 7) is 1.92. The highest BCUT2D eigenvalue weighted by Crippen LogP contribution is 2.25. The molecule has 0 unspecified atom stereocenters. The molecule has 1 aromatic carbocycles. The minimum atomic E-state index is -1.16. The maximum Gasteiger partial charge on any atom is 0.352 e. The van der Waals surface area contributed by atoms with Crippen molar-refractivity contribution in [1.29, 1.82) is 0 Å². The van der Waals surface area contributed by atoms with Crippen molar-refractivity contribution in [1.82, 2.24) is 0 Å². The Labute approximate surface area is 92.1 Å². The van der Waals surface area contributed by atoms with Crippen molar-refractivity contribution >= 4 is 22.8 Å². The number of aryl methyl sites for hydroxylation is 1. The molecule has 0 aliphatic heterocycles. The van der Waals surface area contributed by atoms with Gasteiger partial charge in [-0.2, -0.15) is 0 Å². The first-order valence-corrected chi connectivity index (χ1v) is 5.11. The van der Waals surface area contributed by atoms with Crippen molar-refractivity contribution < 1.29 is 9.90 Å². The predicted molar refractivity (Wildman–Crippen MR) is 61.7 cm³/mol. The molecule has 0 saturated heterocycles. The van der Waals surface area contributed by atoms with Crippen LogP contribution in [-0.2, 0) is 4.79 Å². The van der Waals surface area contributed by atoms with Gasteiger partial charge in [0.25, 0.3) is 0 Å². The Morgan fingerprint density at radius 2 is 2.13 bits per heavy atom. The van der Waals surface area contributed by atoms with Crippen LogP contribution in [0.15, 0.2) is 30.0 Å². The van der Waals surface area contributed by atoms with Gasteiger partial charge in [0.15, 0.2) is 0 Å². The van der Waals surface area contributed by atoms with Gasteiger partial charge in [-0.25, -0.2) is 4.79 Å². The van der Waals surface area contributed by atoms with Crippen molar-refractivity contribution in [3.8, 4) is 0 Å². The van der Waals surface area contributed by atoms with Crippen LogP contribution in [0.4, 0.5) is 0 Å². The Balaban J connectivity index is 3.24. The van der Waals surface area contributed by atoms with Crippen LogP contribution < -0.4 is 10.9 Å². The maximum absolute atomic E-state index is 10.7.